The van der Waals surface area contributed by atoms with Gasteiger partial charge in [0.1, 0.15) is 11.5 Å². The van der Waals surface area contributed by atoms with Gasteiger partial charge < -0.3 is 10.6 Å². The third-order valence-corrected chi connectivity index (χ3v) is 2.05. The maximum absolute atomic E-state index is 12.0. The number of hydrogen-bond donors (Lipinski definition) is 1. The smallest absolute Gasteiger partial charge is 0.272 e. The fraction of sp³-hybridized carbons (Fsp3) is 0.500. The Morgan fingerprint density at radius 3 is 2.47 bits per heavy atom. The van der Waals surface area contributed by atoms with Gasteiger partial charge in [0.05, 0.1) is 0 Å². The molecule has 4 nitrogen and oxygen atoms in total. The molecule has 0 saturated carbocycles. The molecule has 17 heavy (non-hydrogen) atoms. The van der Waals surface area contributed by atoms with Crippen molar-refractivity contribution >= 4 is 24.1 Å². The van der Waals surface area contributed by atoms with Gasteiger partial charge in [0.25, 0.3) is 5.91 Å². The number of carbonyl (C=O) groups is 1. The fourth-order valence-electron chi connectivity index (χ4n) is 1.55. The minimum absolute atomic E-state index is 0. The van der Waals surface area contributed by atoms with Gasteiger partial charge in [-0.15, -0.1) is 12.4 Å². The lowest BCUT2D eigenvalue weighted by atomic mass is 9.96. The first-order chi connectivity index (χ1) is 7.29. The van der Waals surface area contributed by atoms with Gasteiger partial charge in [-0.3, -0.25) is 4.79 Å². The second-order valence-corrected chi connectivity index (χ2v) is 5.17. The van der Waals surface area contributed by atoms with Crippen LogP contribution in [0.1, 0.15) is 31.3 Å². The van der Waals surface area contributed by atoms with Gasteiger partial charge >= 0.3 is 0 Å². The van der Waals surface area contributed by atoms with E-state index in [1.54, 1.807) is 30.1 Å². The predicted octanol–water partition coefficient (Wildman–Crippen LogP) is 2.20. The minimum Gasteiger partial charge on any atom is -0.384 e. The van der Waals surface area contributed by atoms with Crippen molar-refractivity contribution in [3.05, 3.63) is 23.9 Å². The van der Waals surface area contributed by atoms with Crippen molar-refractivity contribution < 1.29 is 4.79 Å². The quantitative estimate of drug-likeness (QED) is 0.884. The normalized spacial score (nSPS) is 10.6. The first kappa shape index (κ1) is 15.7. The molecule has 0 saturated heterocycles. The summed E-state index contributed by atoms with van der Waals surface area (Å²) in [5, 5.41) is 0. The summed E-state index contributed by atoms with van der Waals surface area (Å²) >= 11 is 0. The maximum Gasteiger partial charge on any atom is 0.272 e. The summed E-state index contributed by atoms with van der Waals surface area (Å²) in [6, 6.07) is 5.08. The molecular formula is C12H20ClN3O. The number of rotatable bonds is 2. The van der Waals surface area contributed by atoms with Crippen LogP contribution in [0, 0.1) is 5.41 Å². The molecule has 1 amide bonds. The molecule has 1 heterocycles. The lowest BCUT2D eigenvalue weighted by Gasteiger charge is -2.26. The zero-order chi connectivity index (χ0) is 12.3. The zero-order valence-electron chi connectivity index (χ0n) is 10.7. The highest BCUT2D eigenvalue weighted by molar-refractivity contribution is 5.92. The summed E-state index contributed by atoms with van der Waals surface area (Å²) < 4.78 is 0. The van der Waals surface area contributed by atoms with Gasteiger partial charge in [-0.1, -0.05) is 26.8 Å². The van der Waals surface area contributed by atoms with Crippen LogP contribution in [-0.4, -0.2) is 29.4 Å². The summed E-state index contributed by atoms with van der Waals surface area (Å²) in [6.07, 6.45) is 0. The molecule has 0 bridgehead atoms. The number of pyridine rings is 1. The number of aromatic nitrogens is 1. The van der Waals surface area contributed by atoms with Gasteiger partial charge in [-0.2, -0.15) is 0 Å². The Kier molecular flexibility index (Phi) is 5.42. The van der Waals surface area contributed by atoms with Gasteiger partial charge in [0.2, 0.25) is 0 Å². The molecule has 0 radical (unpaired) electrons. The van der Waals surface area contributed by atoms with Crippen molar-refractivity contribution in [1.29, 1.82) is 0 Å². The van der Waals surface area contributed by atoms with Crippen LogP contribution in [0.4, 0.5) is 5.82 Å². The largest absolute Gasteiger partial charge is 0.384 e. The molecule has 0 aliphatic rings. The lowest BCUT2D eigenvalue weighted by Crippen LogP contribution is -2.34. The Morgan fingerprint density at radius 2 is 2.00 bits per heavy atom. The number of amides is 1. The average molecular weight is 258 g/mol. The van der Waals surface area contributed by atoms with Crippen LogP contribution < -0.4 is 5.73 Å². The third-order valence-electron chi connectivity index (χ3n) is 2.05. The van der Waals surface area contributed by atoms with Gasteiger partial charge in [0.15, 0.2) is 0 Å². The molecule has 96 valence electrons. The lowest BCUT2D eigenvalue weighted by molar-refractivity contribution is 0.0740. The monoisotopic (exact) mass is 257 g/mol. The van der Waals surface area contributed by atoms with Crippen molar-refractivity contribution in [2.45, 2.75) is 20.8 Å². The number of anilines is 1. The predicted molar refractivity (Wildman–Crippen MR) is 72.3 cm³/mol. The highest BCUT2D eigenvalue weighted by Crippen LogP contribution is 2.15. The Labute approximate surface area is 109 Å². The standard InChI is InChI=1S/C12H19N3O.ClH/c1-12(2,3)8-15(4)11(16)9-6-5-7-10(13)14-9;/h5-7H,8H2,1-4H3,(H2,13,14);1H. The van der Waals surface area contributed by atoms with E-state index in [0.29, 0.717) is 18.1 Å². The molecule has 0 aliphatic heterocycles. The van der Waals surface area contributed by atoms with Crippen molar-refractivity contribution in [3.8, 4) is 0 Å². The van der Waals surface area contributed by atoms with E-state index in [2.05, 4.69) is 25.8 Å². The Morgan fingerprint density at radius 1 is 1.41 bits per heavy atom. The van der Waals surface area contributed by atoms with Crippen molar-refractivity contribution in [3.63, 3.8) is 0 Å². The Hall–Kier alpha value is -1.29. The van der Waals surface area contributed by atoms with E-state index in [-0.39, 0.29) is 23.7 Å². The Bertz CT molecular complexity index is 388. The zero-order valence-corrected chi connectivity index (χ0v) is 11.5. The highest BCUT2D eigenvalue weighted by Gasteiger charge is 2.19. The van der Waals surface area contributed by atoms with E-state index in [0.717, 1.165) is 0 Å². The second kappa shape index (κ2) is 5.87. The second-order valence-electron chi connectivity index (χ2n) is 5.17. The highest BCUT2D eigenvalue weighted by atomic mass is 35.5. The van der Waals surface area contributed by atoms with Crippen LogP contribution in [0.15, 0.2) is 18.2 Å². The molecule has 0 atom stereocenters. The number of nitrogens with two attached hydrogens (primary N) is 1. The number of carbonyl (C=O) groups excluding carboxylic acids is 1. The summed E-state index contributed by atoms with van der Waals surface area (Å²) in [4.78, 5) is 17.7. The van der Waals surface area contributed by atoms with E-state index in [9.17, 15) is 4.79 Å². The van der Waals surface area contributed by atoms with Crippen LogP contribution in [0.3, 0.4) is 0 Å². The molecule has 5 heteroatoms. The SMILES string of the molecule is CN(CC(C)(C)C)C(=O)c1cccc(N)n1.Cl. The molecule has 2 N–H and O–H groups in total. The third kappa shape index (κ3) is 5.04. The van der Waals surface area contributed by atoms with E-state index >= 15 is 0 Å². The van der Waals surface area contributed by atoms with Crippen LogP contribution in [-0.2, 0) is 0 Å². The van der Waals surface area contributed by atoms with Crippen LogP contribution >= 0.6 is 12.4 Å². The number of nitrogens with zero attached hydrogens (tertiary/aromatic N) is 2. The van der Waals surface area contributed by atoms with E-state index < -0.39 is 0 Å². The van der Waals surface area contributed by atoms with E-state index in [1.165, 1.54) is 0 Å². The Balaban J connectivity index is 0.00000256. The van der Waals surface area contributed by atoms with Crippen molar-refractivity contribution in [2.24, 2.45) is 5.41 Å². The van der Waals surface area contributed by atoms with Crippen LogP contribution in [0.5, 0.6) is 0 Å². The van der Waals surface area contributed by atoms with Gasteiger partial charge in [-0.25, -0.2) is 4.98 Å². The molecular weight excluding hydrogens is 238 g/mol. The summed E-state index contributed by atoms with van der Waals surface area (Å²) in [7, 11) is 1.78. The summed E-state index contributed by atoms with van der Waals surface area (Å²) in [5.74, 6) is 0.275. The van der Waals surface area contributed by atoms with E-state index in [1.807, 2.05) is 0 Å². The molecule has 0 aliphatic carbocycles. The first-order valence-electron chi connectivity index (χ1n) is 5.27. The number of halogens is 1. The molecule has 1 aromatic heterocycles. The van der Waals surface area contributed by atoms with Crippen LogP contribution in [0.25, 0.3) is 0 Å². The topological polar surface area (TPSA) is 59.2 Å². The molecule has 1 rings (SSSR count). The first-order valence-corrected chi connectivity index (χ1v) is 5.27. The van der Waals surface area contributed by atoms with E-state index in [4.69, 9.17) is 5.73 Å². The van der Waals surface area contributed by atoms with Crippen molar-refractivity contribution in [1.82, 2.24) is 9.88 Å². The summed E-state index contributed by atoms with van der Waals surface area (Å²) in [5.41, 5.74) is 6.01. The fourth-order valence-corrected chi connectivity index (χ4v) is 1.55. The molecule has 1 aromatic rings. The van der Waals surface area contributed by atoms with Crippen LogP contribution in [0.2, 0.25) is 0 Å². The minimum atomic E-state index is -0.0952. The molecule has 0 spiro atoms. The van der Waals surface area contributed by atoms with Crippen molar-refractivity contribution in [2.75, 3.05) is 19.3 Å². The van der Waals surface area contributed by atoms with Gasteiger partial charge in [-0.05, 0) is 17.5 Å². The van der Waals surface area contributed by atoms with Gasteiger partial charge in [0, 0.05) is 13.6 Å². The molecule has 0 fully saturated rings. The summed E-state index contributed by atoms with van der Waals surface area (Å²) in [6.45, 7) is 6.94. The molecule has 0 aromatic carbocycles. The maximum atomic E-state index is 12.0. The number of hydrogen-bond acceptors (Lipinski definition) is 3. The number of nitrogen functional groups attached to an aromatic ring is 1. The molecule has 0 unspecified atom stereocenters. The average Bonchev–Trinajstić information content (AvgIpc) is 2.14.